The molecular weight excluding hydrogens is 292 g/mol. The molecule has 1 fully saturated rings. The summed E-state index contributed by atoms with van der Waals surface area (Å²) < 4.78 is 5.23. The minimum atomic E-state index is 0.592. The fourth-order valence-corrected chi connectivity index (χ4v) is 4.36. The topological polar surface area (TPSA) is 33.3 Å². The van der Waals surface area contributed by atoms with Gasteiger partial charge in [0.2, 0.25) is 0 Å². The standard InChI is InChI=1S/C18H20N2OS/c1-21-12-5-7-13(8-6-12)22-17-4-2-3-14-15-11-19-10-9-16(15)20-18(14)17/h2-8,15-16,19-20H,9-11H2,1H3/t15-,16-/m1/s1. The maximum Gasteiger partial charge on any atom is 0.118 e. The summed E-state index contributed by atoms with van der Waals surface area (Å²) in [7, 11) is 1.70. The van der Waals surface area contributed by atoms with E-state index in [4.69, 9.17) is 4.74 Å². The first kappa shape index (κ1) is 14.0. The van der Waals surface area contributed by atoms with Crippen LogP contribution < -0.4 is 15.4 Å². The summed E-state index contributed by atoms with van der Waals surface area (Å²) in [6.07, 6.45) is 1.20. The van der Waals surface area contributed by atoms with Crippen molar-refractivity contribution in [2.45, 2.75) is 28.2 Å². The van der Waals surface area contributed by atoms with Gasteiger partial charge in [-0.05, 0) is 48.9 Å². The van der Waals surface area contributed by atoms with Crippen LogP contribution in [0, 0.1) is 0 Å². The summed E-state index contributed by atoms with van der Waals surface area (Å²) in [5.41, 5.74) is 2.80. The molecule has 0 aliphatic carbocycles. The van der Waals surface area contributed by atoms with Gasteiger partial charge in [0.25, 0.3) is 0 Å². The zero-order chi connectivity index (χ0) is 14.9. The van der Waals surface area contributed by atoms with E-state index in [1.807, 2.05) is 23.9 Å². The molecule has 0 bridgehead atoms. The summed E-state index contributed by atoms with van der Waals surface area (Å²) in [5, 5.41) is 7.28. The van der Waals surface area contributed by atoms with Gasteiger partial charge in [-0.3, -0.25) is 0 Å². The first-order valence-electron chi connectivity index (χ1n) is 7.77. The zero-order valence-corrected chi connectivity index (χ0v) is 13.5. The molecule has 0 saturated carbocycles. The van der Waals surface area contributed by atoms with E-state index < -0.39 is 0 Å². The number of rotatable bonds is 3. The maximum absolute atomic E-state index is 5.23. The molecule has 22 heavy (non-hydrogen) atoms. The molecule has 2 aliphatic rings. The molecule has 2 aromatic rings. The molecule has 0 radical (unpaired) electrons. The third-order valence-corrected chi connectivity index (χ3v) is 5.62. The number of hydrogen-bond acceptors (Lipinski definition) is 4. The van der Waals surface area contributed by atoms with Gasteiger partial charge in [-0.2, -0.15) is 0 Å². The van der Waals surface area contributed by atoms with Crippen molar-refractivity contribution in [3.05, 3.63) is 48.0 Å². The molecular formula is C18H20N2OS. The Labute approximate surface area is 135 Å². The smallest absolute Gasteiger partial charge is 0.118 e. The zero-order valence-electron chi connectivity index (χ0n) is 12.6. The van der Waals surface area contributed by atoms with Crippen molar-refractivity contribution in [2.24, 2.45) is 0 Å². The highest BCUT2D eigenvalue weighted by Crippen LogP contribution is 2.45. The lowest BCUT2D eigenvalue weighted by molar-refractivity contribution is 0.414. The Balaban J connectivity index is 1.62. The molecule has 2 heterocycles. The van der Waals surface area contributed by atoms with E-state index in [0.717, 1.165) is 18.8 Å². The van der Waals surface area contributed by atoms with Gasteiger partial charge >= 0.3 is 0 Å². The number of anilines is 1. The van der Waals surface area contributed by atoms with E-state index in [1.165, 1.54) is 27.5 Å². The Morgan fingerprint density at radius 2 is 2.00 bits per heavy atom. The second-order valence-electron chi connectivity index (χ2n) is 5.85. The molecule has 1 saturated heterocycles. The quantitative estimate of drug-likeness (QED) is 0.905. The van der Waals surface area contributed by atoms with E-state index in [1.54, 1.807) is 7.11 Å². The third kappa shape index (κ3) is 2.46. The number of ether oxygens (including phenoxy) is 1. The van der Waals surface area contributed by atoms with E-state index in [2.05, 4.69) is 41.0 Å². The number of nitrogens with one attached hydrogen (secondary N) is 2. The molecule has 0 amide bonds. The first-order chi connectivity index (χ1) is 10.8. The van der Waals surface area contributed by atoms with Gasteiger partial charge < -0.3 is 15.4 Å². The molecule has 114 valence electrons. The van der Waals surface area contributed by atoms with Gasteiger partial charge in [-0.25, -0.2) is 0 Å². The molecule has 4 heteroatoms. The van der Waals surface area contributed by atoms with E-state index in [-0.39, 0.29) is 0 Å². The maximum atomic E-state index is 5.23. The number of benzene rings is 2. The van der Waals surface area contributed by atoms with Crippen molar-refractivity contribution in [2.75, 3.05) is 25.5 Å². The average Bonchev–Trinajstić information content (AvgIpc) is 2.95. The van der Waals surface area contributed by atoms with Crippen molar-refractivity contribution in [3.63, 3.8) is 0 Å². The van der Waals surface area contributed by atoms with Crippen LogP contribution in [0.1, 0.15) is 17.9 Å². The van der Waals surface area contributed by atoms with Gasteiger partial charge in [0.1, 0.15) is 5.75 Å². The third-order valence-electron chi connectivity index (χ3n) is 4.56. The molecule has 2 atom stereocenters. The van der Waals surface area contributed by atoms with E-state index >= 15 is 0 Å². The number of piperidine rings is 1. The Morgan fingerprint density at radius 3 is 2.82 bits per heavy atom. The molecule has 4 rings (SSSR count). The van der Waals surface area contributed by atoms with Crippen LogP contribution in [-0.4, -0.2) is 26.2 Å². The molecule has 0 spiro atoms. The summed E-state index contributed by atoms with van der Waals surface area (Å²) in [5.74, 6) is 1.51. The van der Waals surface area contributed by atoms with Crippen LogP contribution >= 0.6 is 11.8 Å². The second-order valence-corrected chi connectivity index (χ2v) is 6.96. The SMILES string of the molecule is COc1ccc(Sc2cccc3c2N[C@@H]2CCNC[C@H]32)cc1. The first-order valence-corrected chi connectivity index (χ1v) is 8.59. The fraction of sp³-hybridized carbons (Fsp3) is 0.333. The molecule has 3 nitrogen and oxygen atoms in total. The monoisotopic (exact) mass is 312 g/mol. The fourth-order valence-electron chi connectivity index (χ4n) is 3.41. The van der Waals surface area contributed by atoms with E-state index in [9.17, 15) is 0 Å². The molecule has 0 unspecified atom stereocenters. The predicted octanol–water partition coefficient (Wildman–Crippen LogP) is 3.72. The summed E-state index contributed by atoms with van der Waals surface area (Å²) in [6, 6.07) is 15.5. The Morgan fingerprint density at radius 1 is 1.14 bits per heavy atom. The second kappa shape index (κ2) is 5.86. The predicted molar refractivity (Wildman–Crippen MR) is 91.2 cm³/mol. The number of fused-ring (bicyclic) bond motifs is 3. The average molecular weight is 312 g/mol. The number of para-hydroxylation sites is 1. The van der Waals surface area contributed by atoms with Crippen molar-refractivity contribution in [1.82, 2.24) is 5.32 Å². The highest BCUT2D eigenvalue weighted by Gasteiger charge is 2.34. The van der Waals surface area contributed by atoms with Gasteiger partial charge in [-0.15, -0.1) is 0 Å². The van der Waals surface area contributed by atoms with Crippen molar-refractivity contribution in [3.8, 4) is 5.75 Å². The molecule has 0 aromatic heterocycles. The van der Waals surface area contributed by atoms with Crippen molar-refractivity contribution in [1.29, 1.82) is 0 Å². The summed E-state index contributed by atoms with van der Waals surface area (Å²) >= 11 is 1.82. The Hall–Kier alpha value is -1.65. The van der Waals surface area contributed by atoms with Gasteiger partial charge in [0, 0.05) is 28.3 Å². The molecule has 2 aliphatic heterocycles. The van der Waals surface area contributed by atoms with Gasteiger partial charge in [0.15, 0.2) is 0 Å². The molecule has 2 N–H and O–H groups in total. The van der Waals surface area contributed by atoms with Gasteiger partial charge in [-0.1, -0.05) is 23.9 Å². The number of methoxy groups -OCH3 is 1. The lowest BCUT2D eigenvalue weighted by Gasteiger charge is -2.26. The normalized spacial score (nSPS) is 22.6. The highest BCUT2D eigenvalue weighted by molar-refractivity contribution is 7.99. The van der Waals surface area contributed by atoms with Crippen LogP contribution in [0.5, 0.6) is 5.75 Å². The van der Waals surface area contributed by atoms with Crippen molar-refractivity contribution < 1.29 is 4.74 Å². The lowest BCUT2D eigenvalue weighted by Crippen LogP contribution is -2.38. The minimum absolute atomic E-state index is 0.592. The molecule has 2 aromatic carbocycles. The van der Waals surface area contributed by atoms with Crippen molar-refractivity contribution >= 4 is 17.4 Å². The van der Waals surface area contributed by atoms with Crippen LogP contribution in [-0.2, 0) is 0 Å². The van der Waals surface area contributed by atoms with Crippen LogP contribution in [0.4, 0.5) is 5.69 Å². The Kier molecular flexibility index (Phi) is 3.72. The van der Waals surface area contributed by atoms with Gasteiger partial charge in [0.05, 0.1) is 12.8 Å². The van der Waals surface area contributed by atoms with Crippen LogP contribution in [0.2, 0.25) is 0 Å². The summed E-state index contributed by atoms with van der Waals surface area (Å²) in [4.78, 5) is 2.56. The summed E-state index contributed by atoms with van der Waals surface area (Å²) in [6.45, 7) is 2.20. The van der Waals surface area contributed by atoms with E-state index in [0.29, 0.717) is 12.0 Å². The highest BCUT2D eigenvalue weighted by atomic mass is 32.2. The minimum Gasteiger partial charge on any atom is -0.497 e. The van der Waals surface area contributed by atoms with Crippen LogP contribution in [0.15, 0.2) is 52.3 Å². The number of hydrogen-bond donors (Lipinski definition) is 2. The van der Waals surface area contributed by atoms with Crippen LogP contribution in [0.3, 0.4) is 0 Å². The largest absolute Gasteiger partial charge is 0.497 e. The van der Waals surface area contributed by atoms with Crippen LogP contribution in [0.25, 0.3) is 0 Å². The Bertz CT molecular complexity index is 671. The lowest BCUT2D eigenvalue weighted by atomic mass is 9.91.